The van der Waals surface area contributed by atoms with E-state index >= 15 is 0 Å². The fourth-order valence-corrected chi connectivity index (χ4v) is 5.56. The van der Waals surface area contributed by atoms with Gasteiger partial charge in [0.25, 0.3) is 0 Å². The molecule has 1 heteroatoms. The summed E-state index contributed by atoms with van der Waals surface area (Å²) in [5.74, 6) is 2.33. The summed E-state index contributed by atoms with van der Waals surface area (Å²) in [5.41, 5.74) is 0. The van der Waals surface area contributed by atoms with E-state index in [1.165, 1.54) is 9.84 Å². The van der Waals surface area contributed by atoms with E-state index in [1.807, 2.05) is 0 Å². The molecule has 0 saturated heterocycles. The minimum atomic E-state index is 0.549. The third-order valence-corrected chi connectivity index (χ3v) is 6.71. The Morgan fingerprint density at radius 1 is 1.09 bits per heavy atom. The van der Waals surface area contributed by atoms with Crippen molar-refractivity contribution in [1.29, 1.82) is 0 Å². The average Bonchev–Trinajstić information content (AvgIpc) is 2.33. The summed E-state index contributed by atoms with van der Waals surface area (Å²) >= 11 is 0.549. The molecular weight excluding hydrogens is 247 g/mol. The normalized spacial score (nSPS) is 44.3. The van der Waals surface area contributed by atoms with Gasteiger partial charge in [0.1, 0.15) is 0 Å². The first-order valence-corrected chi connectivity index (χ1v) is 8.28. The second-order valence-corrected chi connectivity index (χ2v) is 6.95. The Labute approximate surface area is 80.4 Å². The zero-order valence-corrected chi connectivity index (χ0v) is 9.51. The van der Waals surface area contributed by atoms with Crippen molar-refractivity contribution in [3.05, 3.63) is 0 Å². The maximum absolute atomic E-state index is 2.49. The first kappa shape index (κ1) is 8.33. The molecular formula is C10H18I-. The maximum atomic E-state index is 2.49. The molecule has 2 saturated carbocycles. The molecule has 0 nitrogen and oxygen atoms in total. The van der Waals surface area contributed by atoms with Crippen molar-refractivity contribution < 1.29 is 21.2 Å². The summed E-state index contributed by atoms with van der Waals surface area (Å²) in [6, 6.07) is 0. The van der Waals surface area contributed by atoms with Crippen molar-refractivity contribution in [1.82, 2.24) is 0 Å². The SMILES string of the molecule is C[I-]C1CCCC2CCC1C2. The van der Waals surface area contributed by atoms with Crippen LogP contribution >= 0.6 is 0 Å². The van der Waals surface area contributed by atoms with Crippen LogP contribution in [0.2, 0.25) is 0 Å². The van der Waals surface area contributed by atoms with E-state index in [2.05, 4.69) is 4.93 Å². The molecule has 2 aliphatic carbocycles. The van der Waals surface area contributed by atoms with Crippen LogP contribution in [-0.2, 0) is 0 Å². The Balaban J connectivity index is 2.00. The molecule has 2 fully saturated rings. The Morgan fingerprint density at radius 3 is 2.82 bits per heavy atom. The third-order valence-electron chi connectivity index (χ3n) is 3.47. The van der Waals surface area contributed by atoms with Crippen LogP contribution in [0.3, 0.4) is 0 Å². The van der Waals surface area contributed by atoms with E-state index in [0.717, 1.165) is 5.92 Å². The molecule has 2 rings (SSSR count). The van der Waals surface area contributed by atoms with E-state index < -0.39 is 0 Å². The van der Waals surface area contributed by atoms with Gasteiger partial charge in [-0.05, 0) is 0 Å². The molecule has 0 aromatic heterocycles. The van der Waals surface area contributed by atoms with Crippen LogP contribution in [0, 0.1) is 11.8 Å². The van der Waals surface area contributed by atoms with E-state index in [0.29, 0.717) is 21.2 Å². The zero-order valence-electron chi connectivity index (χ0n) is 7.35. The molecule has 0 aromatic rings. The molecule has 3 atom stereocenters. The van der Waals surface area contributed by atoms with E-state index in [4.69, 9.17) is 0 Å². The standard InChI is InChI=1S/C10H18I/c1-11-10-4-2-3-8-5-6-9(10)7-8/h8-10H,2-7H2,1H3/q-1. The summed E-state index contributed by atoms with van der Waals surface area (Å²) in [6.45, 7) is 0. The average molecular weight is 265 g/mol. The quantitative estimate of drug-likeness (QED) is 0.450. The van der Waals surface area contributed by atoms with Crippen molar-refractivity contribution in [3.63, 3.8) is 0 Å². The van der Waals surface area contributed by atoms with Gasteiger partial charge in [-0.3, -0.25) is 0 Å². The second-order valence-electron chi connectivity index (χ2n) is 4.10. The molecule has 0 aromatic carbocycles. The summed E-state index contributed by atoms with van der Waals surface area (Å²) < 4.78 is 1.21. The van der Waals surface area contributed by atoms with E-state index in [-0.39, 0.29) is 0 Å². The Bertz CT molecular complexity index is 133. The molecule has 0 heterocycles. The van der Waals surface area contributed by atoms with Gasteiger partial charge in [0.15, 0.2) is 0 Å². The first-order valence-electron chi connectivity index (χ1n) is 4.88. The van der Waals surface area contributed by atoms with E-state index in [9.17, 15) is 0 Å². The predicted molar refractivity (Wildman–Crippen MR) is 44.4 cm³/mol. The van der Waals surface area contributed by atoms with Crippen LogP contribution in [0.4, 0.5) is 0 Å². The number of hydrogen-bond acceptors (Lipinski definition) is 0. The fraction of sp³-hybridized carbons (Fsp3) is 1.00. The van der Waals surface area contributed by atoms with Crippen LogP contribution in [-0.4, -0.2) is 8.86 Å². The van der Waals surface area contributed by atoms with Gasteiger partial charge in [0, 0.05) is 0 Å². The van der Waals surface area contributed by atoms with Crippen molar-refractivity contribution in [2.24, 2.45) is 11.8 Å². The molecule has 11 heavy (non-hydrogen) atoms. The topological polar surface area (TPSA) is 0 Å². The van der Waals surface area contributed by atoms with Crippen molar-refractivity contribution >= 4 is 0 Å². The molecule has 66 valence electrons. The third kappa shape index (κ3) is 1.73. The number of fused-ring (bicyclic) bond motifs is 2. The number of alkyl halides is 2. The van der Waals surface area contributed by atoms with Crippen LogP contribution < -0.4 is 21.2 Å². The van der Waals surface area contributed by atoms with Gasteiger partial charge in [-0.15, -0.1) is 0 Å². The van der Waals surface area contributed by atoms with Crippen LogP contribution in [0.25, 0.3) is 0 Å². The minimum absolute atomic E-state index is 0.549. The number of rotatable bonds is 1. The second kappa shape index (κ2) is 3.63. The number of hydrogen-bond donors (Lipinski definition) is 0. The molecule has 2 bridgehead atoms. The van der Waals surface area contributed by atoms with Crippen molar-refractivity contribution in [3.8, 4) is 0 Å². The van der Waals surface area contributed by atoms with Gasteiger partial charge >= 0.3 is 80.4 Å². The summed E-state index contributed by atoms with van der Waals surface area (Å²) in [5, 5.41) is 0. The Morgan fingerprint density at radius 2 is 2.00 bits per heavy atom. The number of halogens is 1. The van der Waals surface area contributed by atoms with Crippen LogP contribution in [0.5, 0.6) is 0 Å². The van der Waals surface area contributed by atoms with Gasteiger partial charge in [-0.25, -0.2) is 0 Å². The van der Waals surface area contributed by atoms with Gasteiger partial charge in [-0.2, -0.15) is 0 Å². The molecule has 3 unspecified atom stereocenters. The molecule has 0 aliphatic heterocycles. The predicted octanol–water partition coefficient (Wildman–Crippen LogP) is -0.326. The summed E-state index contributed by atoms with van der Waals surface area (Å²) in [6.07, 6.45) is 9.48. The van der Waals surface area contributed by atoms with Crippen molar-refractivity contribution in [2.75, 3.05) is 4.93 Å². The fourth-order valence-electron chi connectivity index (χ4n) is 2.83. The summed E-state index contributed by atoms with van der Waals surface area (Å²) in [4.78, 5) is 2.49. The molecule has 0 radical (unpaired) electrons. The summed E-state index contributed by atoms with van der Waals surface area (Å²) in [7, 11) is 0. The molecule has 2 aliphatic rings. The van der Waals surface area contributed by atoms with Crippen LogP contribution in [0.1, 0.15) is 38.5 Å². The molecule has 0 spiro atoms. The van der Waals surface area contributed by atoms with Gasteiger partial charge in [-0.1, -0.05) is 0 Å². The van der Waals surface area contributed by atoms with Gasteiger partial charge in [0.05, 0.1) is 0 Å². The van der Waals surface area contributed by atoms with Gasteiger partial charge < -0.3 is 0 Å². The molecule has 0 amide bonds. The monoisotopic (exact) mass is 265 g/mol. The van der Waals surface area contributed by atoms with Crippen LogP contribution in [0.15, 0.2) is 0 Å². The Kier molecular flexibility index (Phi) is 2.75. The van der Waals surface area contributed by atoms with E-state index in [1.54, 1.807) is 38.5 Å². The molecule has 0 N–H and O–H groups in total. The van der Waals surface area contributed by atoms with Crippen molar-refractivity contribution in [2.45, 2.75) is 42.4 Å². The Hall–Kier alpha value is 0.730. The first-order chi connectivity index (χ1) is 5.40. The zero-order chi connectivity index (χ0) is 7.68. The van der Waals surface area contributed by atoms with Gasteiger partial charge in [0.2, 0.25) is 0 Å².